The van der Waals surface area contributed by atoms with Gasteiger partial charge in [-0.2, -0.15) is 5.26 Å². The highest BCUT2D eigenvalue weighted by Gasteiger charge is 2.05. The van der Waals surface area contributed by atoms with Gasteiger partial charge >= 0.3 is 0 Å². The Morgan fingerprint density at radius 3 is 2.71 bits per heavy atom. The van der Waals surface area contributed by atoms with E-state index in [4.69, 9.17) is 20.5 Å². The maximum atomic E-state index is 8.96. The molecule has 0 bridgehead atoms. The maximum Gasteiger partial charge on any atom is 0.137 e. The van der Waals surface area contributed by atoms with Gasteiger partial charge in [0, 0.05) is 6.04 Å². The lowest BCUT2D eigenvalue weighted by atomic mass is 10.1. The molecule has 2 aromatic carbocycles. The number of ether oxygens (including phenoxy) is 2. The number of nitrogens with zero attached hydrogens (tertiary/aromatic N) is 1. The van der Waals surface area contributed by atoms with Gasteiger partial charge in [-0.05, 0) is 42.3 Å². The lowest BCUT2D eigenvalue weighted by Crippen LogP contribution is -2.05. The van der Waals surface area contributed by atoms with Gasteiger partial charge in [0.15, 0.2) is 0 Å². The summed E-state index contributed by atoms with van der Waals surface area (Å²) in [5.41, 5.74) is 8.35. The third-order valence-electron chi connectivity index (χ3n) is 3.18. The summed E-state index contributed by atoms with van der Waals surface area (Å²) in [7, 11) is 1.55. The summed E-state index contributed by atoms with van der Waals surface area (Å²) in [4.78, 5) is 0. The largest absolute Gasteiger partial charge is 0.495 e. The molecule has 0 saturated carbocycles. The van der Waals surface area contributed by atoms with Gasteiger partial charge < -0.3 is 15.2 Å². The van der Waals surface area contributed by atoms with Crippen molar-refractivity contribution in [3.8, 4) is 17.6 Å². The van der Waals surface area contributed by atoms with E-state index >= 15 is 0 Å². The SMILES string of the molecule is COc1cc(COc2cccc([C@@H](C)N)c2)ccc1C#N. The summed E-state index contributed by atoms with van der Waals surface area (Å²) >= 11 is 0. The summed E-state index contributed by atoms with van der Waals surface area (Å²) < 4.78 is 10.9. The lowest BCUT2D eigenvalue weighted by molar-refractivity contribution is 0.304. The summed E-state index contributed by atoms with van der Waals surface area (Å²) in [6.45, 7) is 2.34. The molecule has 1 atom stereocenters. The molecule has 0 aliphatic carbocycles. The molecule has 2 aromatic rings. The summed E-state index contributed by atoms with van der Waals surface area (Å²) in [6.07, 6.45) is 0. The Morgan fingerprint density at radius 1 is 1.24 bits per heavy atom. The van der Waals surface area contributed by atoms with Gasteiger partial charge in [0.1, 0.15) is 24.2 Å². The predicted molar refractivity (Wildman–Crippen MR) is 81.1 cm³/mol. The second kappa shape index (κ2) is 6.78. The van der Waals surface area contributed by atoms with Crippen molar-refractivity contribution in [2.75, 3.05) is 7.11 Å². The van der Waals surface area contributed by atoms with Crippen LogP contribution in [-0.2, 0) is 6.61 Å². The van der Waals surface area contributed by atoms with E-state index in [1.807, 2.05) is 43.3 Å². The molecule has 0 spiro atoms. The van der Waals surface area contributed by atoms with Gasteiger partial charge in [0.25, 0.3) is 0 Å². The van der Waals surface area contributed by atoms with E-state index in [1.165, 1.54) is 0 Å². The first-order valence-corrected chi connectivity index (χ1v) is 6.69. The van der Waals surface area contributed by atoms with Crippen molar-refractivity contribution in [1.29, 1.82) is 5.26 Å². The Kier molecular flexibility index (Phi) is 4.81. The van der Waals surface area contributed by atoms with E-state index in [2.05, 4.69) is 6.07 Å². The summed E-state index contributed by atoms with van der Waals surface area (Å²) in [5, 5.41) is 8.96. The van der Waals surface area contributed by atoms with E-state index in [0.29, 0.717) is 17.9 Å². The van der Waals surface area contributed by atoms with Crippen LogP contribution < -0.4 is 15.2 Å². The molecule has 0 aliphatic rings. The minimum absolute atomic E-state index is 0.0245. The molecule has 108 valence electrons. The molecular weight excluding hydrogens is 264 g/mol. The van der Waals surface area contributed by atoms with Crippen LogP contribution >= 0.6 is 0 Å². The molecule has 2 N–H and O–H groups in total. The highest BCUT2D eigenvalue weighted by atomic mass is 16.5. The van der Waals surface area contributed by atoms with Crippen LogP contribution in [0.4, 0.5) is 0 Å². The van der Waals surface area contributed by atoms with Crippen LogP contribution in [0, 0.1) is 11.3 Å². The number of hydrogen-bond donors (Lipinski definition) is 1. The molecule has 21 heavy (non-hydrogen) atoms. The van der Waals surface area contributed by atoms with E-state index in [0.717, 1.165) is 16.9 Å². The number of methoxy groups -OCH3 is 1. The van der Waals surface area contributed by atoms with E-state index in [1.54, 1.807) is 13.2 Å². The molecule has 2 rings (SSSR count). The van der Waals surface area contributed by atoms with Gasteiger partial charge in [-0.15, -0.1) is 0 Å². The smallest absolute Gasteiger partial charge is 0.137 e. The van der Waals surface area contributed by atoms with Gasteiger partial charge in [-0.25, -0.2) is 0 Å². The second-order valence-electron chi connectivity index (χ2n) is 4.80. The van der Waals surface area contributed by atoms with Crippen LogP contribution in [0.3, 0.4) is 0 Å². The average Bonchev–Trinajstić information content (AvgIpc) is 2.52. The zero-order chi connectivity index (χ0) is 15.2. The van der Waals surface area contributed by atoms with E-state index < -0.39 is 0 Å². The third-order valence-corrected chi connectivity index (χ3v) is 3.18. The Labute approximate surface area is 124 Å². The average molecular weight is 282 g/mol. The monoisotopic (exact) mass is 282 g/mol. The number of rotatable bonds is 5. The molecular formula is C17H18N2O2. The molecule has 4 heteroatoms. The molecule has 0 unspecified atom stereocenters. The molecule has 0 aliphatic heterocycles. The first-order valence-electron chi connectivity index (χ1n) is 6.69. The highest BCUT2D eigenvalue weighted by molar-refractivity contribution is 5.45. The third kappa shape index (κ3) is 3.74. The maximum absolute atomic E-state index is 8.96. The number of hydrogen-bond acceptors (Lipinski definition) is 4. The van der Waals surface area contributed by atoms with Gasteiger partial charge in [0.05, 0.1) is 12.7 Å². The van der Waals surface area contributed by atoms with Gasteiger partial charge in [-0.1, -0.05) is 18.2 Å². The minimum Gasteiger partial charge on any atom is -0.495 e. The highest BCUT2D eigenvalue weighted by Crippen LogP contribution is 2.22. The fraction of sp³-hybridized carbons (Fsp3) is 0.235. The first-order chi connectivity index (χ1) is 10.1. The summed E-state index contributed by atoms with van der Waals surface area (Å²) in [6, 6.07) is 15.2. The van der Waals surface area contributed by atoms with Crippen molar-refractivity contribution in [3.05, 3.63) is 59.2 Å². The topological polar surface area (TPSA) is 68.3 Å². The van der Waals surface area contributed by atoms with Crippen molar-refractivity contribution in [2.24, 2.45) is 5.73 Å². The van der Waals surface area contributed by atoms with Crippen molar-refractivity contribution < 1.29 is 9.47 Å². The van der Waals surface area contributed by atoms with Crippen molar-refractivity contribution in [3.63, 3.8) is 0 Å². The molecule has 0 heterocycles. The van der Waals surface area contributed by atoms with Crippen LogP contribution in [0.25, 0.3) is 0 Å². The van der Waals surface area contributed by atoms with E-state index in [-0.39, 0.29) is 6.04 Å². The number of nitriles is 1. The Bertz CT molecular complexity index is 660. The fourth-order valence-electron chi connectivity index (χ4n) is 1.97. The summed E-state index contributed by atoms with van der Waals surface area (Å²) in [5.74, 6) is 1.33. The normalized spacial score (nSPS) is 11.5. The molecule has 0 aromatic heterocycles. The molecule has 0 amide bonds. The van der Waals surface area contributed by atoms with Crippen molar-refractivity contribution in [2.45, 2.75) is 19.6 Å². The predicted octanol–water partition coefficient (Wildman–Crippen LogP) is 3.17. The van der Waals surface area contributed by atoms with E-state index in [9.17, 15) is 0 Å². The Hall–Kier alpha value is -2.51. The van der Waals surface area contributed by atoms with Crippen molar-refractivity contribution >= 4 is 0 Å². The lowest BCUT2D eigenvalue weighted by Gasteiger charge is -2.11. The van der Waals surface area contributed by atoms with Gasteiger partial charge in [-0.3, -0.25) is 0 Å². The standard InChI is InChI=1S/C17H18N2O2/c1-12(19)14-4-3-5-16(9-14)21-11-13-6-7-15(10-18)17(8-13)20-2/h3-9,12H,11,19H2,1-2H3/t12-/m1/s1. The molecule has 4 nitrogen and oxygen atoms in total. The Balaban J connectivity index is 2.10. The molecule has 0 radical (unpaired) electrons. The van der Waals surface area contributed by atoms with Crippen LogP contribution in [-0.4, -0.2) is 7.11 Å². The minimum atomic E-state index is -0.0245. The zero-order valence-electron chi connectivity index (χ0n) is 12.2. The van der Waals surface area contributed by atoms with Crippen LogP contribution in [0.15, 0.2) is 42.5 Å². The molecule has 0 fully saturated rings. The number of nitrogens with two attached hydrogens (primary N) is 1. The first kappa shape index (κ1) is 14.9. The second-order valence-corrected chi connectivity index (χ2v) is 4.80. The quantitative estimate of drug-likeness (QED) is 0.914. The molecule has 0 saturated heterocycles. The van der Waals surface area contributed by atoms with Crippen molar-refractivity contribution in [1.82, 2.24) is 0 Å². The van der Waals surface area contributed by atoms with Gasteiger partial charge in [0.2, 0.25) is 0 Å². The zero-order valence-corrected chi connectivity index (χ0v) is 12.2. The van der Waals surface area contributed by atoms with Crippen LogP contribution in [0.1, 0.15) is 29.7 Å². The Morgan fingerprint density at radius 2 is 2.05 bits per heavy atom. The number of benzene rings is 2. The van der Waals surface area contributed by atoms with Crippen LogP contribution in [0.2, 0.25) is 0 Å². The van der Waals surface area contributed by atoms with Crippen LogP contribution in [0.5, 0.6) is 11.5 Å². The fourth-order valence-corrected chi connectivity index (χ4v) is 1.97.